The SMILES string of the molecule is COCCOCCC(=O)c1ccc(OC2CC2)cc1. The summed E-state index contributed by atoms with van der Waals surface area (Å²) in [5, 5.41) is 0. The van der Waals surface area contributed by atoms with Crippen LogP contribution in [0, 0.1) is 0 Å². The Kier molecular flexibility index (Phi) is 5.36. The van der Waals surface area contributed by atoms with Crippen molar-refractivity contribution in [3.8, 4) is 5.75 Å². The third kappa shape index (κ3) is 5.01. The number of Topliss-reactive ketones (excluding diaryl/α,β-unsaturated/α-hetero) is 1. The number of rotatable bonds is 9. The van der Waals surface area contributed by atoms with Crippen LogP contribution in [0.5, 0.6) is 5.75 Å². The lowest BCUT2D eigenvalue weighted by Crippen LogP contribution is -2.08. The lowest BCUT2D eigenvalue weighted by Gasteiger charge is -2.06. The molecule has 0 saturated heterocycles. The molecule has 4 nitrogen and oxygen atoms in total. The molecule has 1 saturated carbocycles. The average molecular weight is 264 g/mol. The molecular weight excluding hydrogens is 244 g/mol. The second-order valence-corrected chi connectivity index (χ2v) is 4.62. The highest BCUT2D eigenvalue weighted by atomic mass is 16.5. The van der Waals surface area contributed by atoms with Crippen LogP contribution in [0.15, 0.2) is 24.3 Å². The van der Waals surface area contributed by atoms with E-state index >= 15 is 0 Å². The number of benzene rings is 1. The molecule has 1 aromatic rings. The van der Waals surface area contributed by atoms with Gasteiger partial charge in [0.05, 0.1) is 25.9 Å². The lowest BCUT2D eigenvalue weighted by atomic mass is 10.1. The van der Waals surface area contributed by atoms with Gasteiger partial charge in [0.1, 0.15) is 5.75 Å². The molecule has 104 valence electrons. The van der Waals surface area contributed by atoms with Gasteiger partial charge in [0.15, 0.2) is 5.78 Å². The monoisotopic (exact) mass is 264 g/mol. The molecule has 0 heterocycles. The van der Waals surface area contributed by atoms with Gasteiger partial charge in [0, 0.05) is 19.1 Å². The molecule has 0 unspecified atom stereocenters. The second kappa shape index (κ2) is 7.26. The fraction of sp³-hybridized carbons (Fsp3) is 0.533. The van der Waals surface area contributed by atoms with Crippen molar-refractivity contribution >= 4 is 5.78 Å². The number of ketones is 1. The first kappa shape index (κ1) is 14.0. The van der Waals surface area contributed by atoms with E-state index in [-0.39, 0.29) is 5.78 Å². The topological polar surface area (TPSA) is 44.8 Å². The summed E-state index contributed by atoms with van der Waals surface area (Å²) in [4.78, 5) is 11.9. The zero-order valence-electron chi connectivity index (χ0n) is 11.3. The predicted octanol–water partition coefficient (Wildman–Crippen LogP) is 2.46. The molecule has 0 amide bonds. The summed E-state index contributed by atoms with van der Waals surface area (Å²) < 4.78 is 15.8. The summed E-state index contributed by atoms with van der Waals surface area (Å²) in [6.45, 7) is 1.52. The Morgan fingerprint density at radius 1 is 1.16 bits per heavy atom. The predicted molar refractivity (Wildman–Crippen MR) is 71.7 cm³/mol. The molecule has 0 radical (unpaired) electrons. The van der Waals surface area contributed by atoms with Crippen molar-refractivity contribution < 1.29 is 19.0 Å². The largest absolute Gasteiger partial charge is 0.490 e. The number of hydrogen-bond donors (Lipinski definition) is 0. The molecule has 1 aliphatic carbocycles. The van der Waals surface area contributed by atoms with Crippen LogP contribution in [0.3, 0.4) is 0 Å². The van der Waals surface area contributed by atoms with Crippen molar-refractivity contribution in [2.75, 3.05) is 26.9 Å². The highest BCUT2D eigenvalue weighted by molar-refractivity contribution is 5.96. The summed E-state index contributed by atoms with van der Waals surface area (Å²) in [5.41, 5.74) is 0.707. The van der Waals surface area contributed by atoms with Gasteiger partial charge >= 0.3 is 0 Å². The average Bonchev–Trinajstić information content (AvgIpc) is 3.23. The number of carbonyl (C=O) groups excluding carboxylic acids is 1. The normalized spacial score (nSPS) is 14.4. The van der Waals surface area contributed by atoms with E-state index in [1.54, 1.807) is 7.11 Å². The van der Waals surface area contributed by atoms with Crippen LogP contribution < -0.4 is 4.74 Å². The molecule has 4 heteroatoms. The molecule has 1 fully saturated rings. The fourth-order valence-corrected chi connectivity index (χ4v) is 1.65. The van der Waals surface area contributed by atoms with Crippen molar-refractivity contribution in [1.29, 1.82) is 0 Å². The van der Waals surface area contributed by atoms with Gasteiger partial charge in [-0.1, -0.05) is 0 Å². The van der Waals surface area contributed by atoms with Gasteiger partial charge in [-0.05, 0) is 37.1 Å². The van der Waals surface area contributed by atoms with Crippen molar-refractivity contribution in [2.24, 2.45) is 0 Å². The first-order chi connectivity index (χ1) is 9.29. The molecule has 2 rings (SSSR count). The summed E-state index contributed by atoms with van der Waals surface area (Å²) in [6, 6.07) is 7.35. The molecule has 1 aliphatic rings. The highest BCUT2D eigenvalue weighted by Gasteiger charge is 2.23. The van der Waals surface area contributed by atoms with E-state index in [2.05, 4.69) is 0 Å². The van der Waals surface area contributed by atoms with E-state index < -0.39 is 0 Å². The Hall–Kier alpha value is -1.39. The van der Waals surface area contributed by atoms with Crippen LogP contribution >= 0.6 is 0 Å². The number of hydrogen-bond acceptors (Lipinski definition) is 4. The van der Waals surface area contributed by atoms with Gasteiger partial charge in [0.2, 0.25) is 0 Å². The molecule has 0 N–H and O–H groups in total. The van der Waals surface area contributed by atoms with Crippen LogP contribution in [0.2, 0.25) is 0 Å². The smallest absolute Gasteiger partial charge is 0.165 e. The Balaban J connectivity index is 1.72. The molecule has 1 aromatic carbocycles. The maximum atomic E-state index is 11.9. The lowest BCUT2D eigenvalue weighted by molar-refractivity contribution is 0.0641. The molecule has 0 spiro atoms. The summed E-state index contributed by atoms with van der Waals surface area (Å²) in [7, 11) is 1.62. The molecule has 0 aromatic heterocycles. The molecular formula is C15H20O4. The summed E-state index contributed by atoms with van der Waals surface area (Å²) in [6.07, 6.45) is 3.06. The van der Waals surface area contributed by atoms with E-state index in [0.29, 0.717) is 37.9 Å². The first-order valence-electron chi connectivity index (χ1n) is 6.66. The fourth-order valence-electron chi connectivity index (χ4n) is 1.65. The Morgan fingerprint density at radius 3 is 2.53 bits per heavy atom. The van der Waals surface area contributed by atoms with Gasteiger partial charge in [0.25, 0.3) is 0 Å². The van der Waals surface area contributed by atoms with E-state index in [9.17, 15) is 4.79 Å². The van der Waals surface area contributed by atoms with Crippen molar-refractivity contribution in [2.45, 2.75) is 25.4 Å². The zero-order valence-corrected chi connectivity index (χ0v) is 11.3. The molecule has 0 bridgehead atoms. The van der Waals surface area contributed by atoms with E-state index in [1.807, 2.05) is 24.3 Å². The summed E-state index contributed by atoms with van der Waals surface area (Å²) >= 11 is 0. The van der Waals surface area contributed by atoms with Gasteiger partial charge in [-0.15, -0.1) is 0 Å². The van der Waals surface area contributed by atoms with Crippen LogP contribution in [-0.4, -0.2) is 38.8 Å². The van der Waals surface area contributed by atoms with Crippen LogP contribution in [0.4, 0.5) is 0 Å². The minimum absolute atomic E-state index is 0.0930. The molecule has 19 heavy (non-hydrogen) atoms. The van der Waals surface area contributed by atoms with Gasteiger partial charge in [-0.2, -0.15) is 0 Å². The Labute approximate surface area is 113 Å². The maximum Gasteiger partial charge on any atom is 0.165 e. The van der Waals surface area contributed by atoms with Crippen molar-refractivity contribution in [3.05, 3.63) is 29.8 Å². The number of ether oxygens (including phenoxy) is 3. The summed E-state index contributed by atoms with van der Waals surface area (Å²) in [5.74, 6) is 0.936. The maximum absolute atomic E-state index is 11.9. The van der Waals surface area contributed by atoms with Crippen LogP contribution in [0.1, 0.15) is 29.6 Å². The number of carbonyl (C=O) groups is 1. The second-order valence-electron chi connectivity index (χ2n) is 4.62. The highest BCUT2D eigenvalue weighted by Crippen LogP contribution is 2.26. The van der Waals surface area contributed by atoms with Gasteiger partial charge in [-0.25, -0.2) is 0 Å². The quantitative estimate of drug-likeness (QED) is 0.507. The van der Waals surface area contributed by atoms with Crippen molar-refractivity contribution in [3.63, 3.8) is 0 Å². The van der Waals surface area contributed by atoms with E-state index in [1.165, 1.54) is 0 Å². The minimum atomic E-state index is 0.0930. The van der Waals surface area contributed by atoms with Gasteiger partial charge in [-0.3, -0.25) is 4.79 Å². The van der Waals surface area contributed by atoms with E-state index in [4.69, 9.17) is 14.2 Å². The van der Waals surface area contributed by atoms with Crippen LogP contribution in [0.25, 0.3) is 0 Å². The minimum Gasteiger partial charge on any atom is -0.490 e. The van der Waals surface area contributed by atoms with E-state index in [0.717, 1.165) is 18.6 Å². The third-order valence-corrected chi connectivity index (χ3v) is 2.91. The zero-order chi connectivity index (χ0) is 13.5. The molecule has 0 aliphatic heterocycles. The standard InChI is InChI=1S/C15H20O4/c1-17-10-11-18-9-8-15(16)12-2-4-13(5-3-12)19-14-6-7-14/h2-5,14H,6-11H2,1H3. The van der Waals surface area contributed by atoms with Gasteiger partial charge < -0.3 is 14.2 Å². The Morgan fingerprint density at radius 2 is 1.89 bits per heavy atom. The number of methoxy groups -OCH3 is 1. The first-order valence-corrected chi connectivity index (χ1v) is 6.66. The Bertz CT molecular complexity index is 395. The molecule has 0 atom stereocenters. The van der Waals surface area contributed by atoms with Crippen molar-refractivity contribution in [1.82, 2.24) is 0 Å². The van der Waals surface area contributed by atoms with Crippen LogP contribution in [-0.2, 0) is 9.47 Å². The third-order valence-electron chi connectivity index (χ3n) is 2.91.